The van der Waals surface area contributed by atoms with Gasteiger partial charge in [-0.15, -0.1) is 0 Å². The minimum absolute atomic E-state index is 0.549. The molecule has 1 aliphatic rings. The number of ether oxygens (including phenoxy) is 1. The first-order valence-electron chi connectivity index (χ1n) is 5.86. The van der Waals surface area contributed by atoms with Gasteiger partial charge in [0.05, 0.1) is 13.4 Å². The van der Waals surface area contributed by atoms with Crippen molar-refractivity contribution in [3.8, 4) is 0 Å². The highest BCUT2D eigenvalue weighted by Crippen LogP contribution is 2.38. The van der Waals surface area contributed by atoms with Crippen LogP contribution in [0, 0.1) is 5.92 Å². The van der Waals surface area contributed by atoms with E-state index in [4.69, 9.17) is 10.5 Å². The maximum atomic E-state index is 5.96. The van der Waals surface area contributed by atoms with Gasteiger partial charge in [-0.2, -0.15) is 0 Å². The van der Waals surface area contributed by atoms with Crippen molar-refractivity contribution in [1.82, 2.24) is 4.98 Å². The standard InChI is InChI=1S/C13H17BrN2O/c1-17-8-12(9-4-2-3-5-9)11-6-10(14)7-16-13(11)15/h6-9H,2-5H2,1H3,(H2,15,16)/b12-8-. The number of halogens is 1. The van der Waals surface area contributed by atoms with Crippen molar-refractivity contribution in [1.29, 1.82) is 0 Å². The number of nitrogens with zero attached hydrogens (tertiary/aromatic N) is 1. The zero-order chi connectivity index (χ0) is 12.3. The van der Waals surface area contributed by atoms with Crippen LogP contribution in [0.2, 0.25) is 0 Å². The van der Waals surface area contributed by atoms with Gasteiger partial charge in [-0.3, -0.25) is 0 Å². The van der Waals surface area contributed by atoms with Gasteiger partial charge in [-0.05, 0) is 40.8 Å². The number of hydrogen-bond donors (Lipinski definition) is 1. The molecule has 0 bridgehead atoms. The minimum Gasteiger partial charge on any atom is -0.504 e. The molecular formula is C13H17BrN2O. The zero-order valence-corrected chi connectivity index (χ0v) is 11.5. The van der Waals surface area contributed by atoms with Crippen molar-refractivity contribution < 1.29 is 4.74 Å². The Morgan fingerprint density at radius 3 is 2.88 bits per heavy atom. The average Bonchev–Trinajstić information content (AvgIpc) is 2.83. The van der Waals surface area contributed by atoms with Gasteiger partial charge in [-0.25, -0.2) is 4.98 Å². The van der Waals surface area contributed by atoms with Gasteiger partial charge in [0, 0.05) is 21.8 Å². The molecule has 0 radical (unpaired) electrons. The van der Waals surface area contributed by atoms with Gasteiger partial charge >= 0.3 is 0 Å². The van der Waals surface area contributed by atoms with Crippen LogP contribution in [-0.4, -0.2) is 12.1 Å². The zero-order valence-electron chi connectivity index (χ0n) is 9.95. The van der Waals surface area contributed by atoms with E-state index in [9.17, 15) is 0 Å². The summed E-state index contributed by atoms with van der Waals surface area (Å²) in [5.74, 6) is 1.12. The van der Waals surface area contributed by atoms with Crippen molar-refractivity contribution in [2.24, 2.45) is 5.92 Å². The number of anilines is 1. The van der Waals surface area contributed by atoms with Crippen LogP contribution in [0.25, 0.3) is 5.57 Å². The Bertz CT molecular complexity index is 425. The van der Waals surface area contributed by atoms with Crippen molar-refractivity contribution in [3.63, 3.8) is 0 Å². The molecule has 1 aromatic rings. The topological polar surface area (TPSA) is 48.1 Å². The van der Waals surface area contributed by atoms with E-state index in [-0.39, 0.29) is 0 Å². The molecule has 1 aliphatic carbocycles. The fourth-order valence-corrected chi connectivity index (χ4v) is 2.76. The Hall–Kier alpha value is -1.03. The highest BCUT2D eigenvalue weighted by Gasteiger charge is 2.23. The summed E-state index contributed by atoms with van der Waals surface area (Å²) in [5, 5.41) is 0. The first-order valence-corrected chi connectivity index (χ1v) is 6.66. The lowest BCUT2D eigenvalue weighted by Crippen LogP contribution is -2.04. The molecule has 0 atom stereocenters. The molecule has 0 saturated heterocycles. The number of hydrogen-bond acceptors (Lipinski definition) is 3. The third-order valence-electron chi connectivity index (χ3n) is 3.24. The molecule has 1 saturated carbocycles. The van der Waals surface area contributed by atoms with E-state index in [0.29, 0.717) is 11.7 Å². The fraction of sp³-hybridized carbons (Fsp3) is 0.462. The van der Waals surface area contributed by atoms with E-state index < -0.39 is 0 Å². The maximum Gasteiger partial charge on any atom is 0.131 e. The van der Waals surface area contributed by atoms with Crippen LogP contribution in [0.4, 0.5) is 5.82 Å². The van der Waals surface area contributed by atoms with E-state index >= 15 is 0 Å². The summed E-state index contributed by atoms with van der Waals surface area (Å²) < 4.78 is 6.15. The lowest BCUT2D eigenvalue weighted by molar-refractivity contribution is 0.337. The number of nitrogen functional groups attached to an aromatic ring is 1. The third kappa shape index (κ3) is 2.80. The Kier molecular flexibility index (Phi) is 4.05. The van der Waals surface area contributed by atoms with Crippen LogP contribution in [0.5, 0.6) is 0 Å². The largest absolute Gasteiger partial charge is 0.504 e. The normalized spacial score (nSPS) is 17.4. The molecule has 4 heteroatoms. The maximum absolute atomic E-state index is 5.96. The first kappa shape index (κ1) is 12.4. The van der Waals surface area contributed by atoms with E-state index in [2.05, 4.69) is 20.9 Å². The molecule has 1 aromatic heterocycles. The van der Waals surface area contributed by atoms with Crippen molar-refractivity contribution in [3.05, 3.63) is 28.6 Å². The molecule has 3 nitrogen and oxygen atoms in total. The van der Waals surface area contributed by atoms with Gasteiger partial charge in [0.15, 0.2) is 0 Å². The minimum atomic E-state index is 0.549. The smallest absolute Gasteiger partial charge is 0.131 e. The summed E-state index contributed by atoms with van der Waals surface area (Å²) >= 11 is 3.44. The van der Waals surface area contributed by atoms with E-state index in [1.165, 1.54) is 31.3 Å². The van der Waals surface area contributed by atoms with Crippen LogP contribution in [-0.2, 0) is 4.74 Å². The molecule has 2 N–H and O–H groups in total. The number of methoxy groups -OCH3 is 1. The van der Waals surface area contributed by atoms with E-state index in [1.54, 1.807) is 13.3 Å². The molecule has 0 unspecified atom stereocenters. The lowest BCUT2D eigenvalue weighted by atomic mass is 9.92. The third-order valence-corrected chi connectivity index (χ3v) is 3.67. The molecule has 17 heavy (non-hydrogen) atoms. The Morgan fingerprint density at radius 1 is 1.53 bits per heavy atom. The van der Waals surface area contributed by atoms with Gasteiger partial charge in [0.2, 0.25) is 0 Å². The average molecular weight is 297 g/mol. The van der Waals surface area contributed by atoms with Crippen molar-refractivity contribution >= 4 is 27.3 Å². The molecule has 0 amide bonds. The quantitative estimate of drug-likeness (QED) is 0.867. The number of nitrogens with two attached hydrogens (primary N) is 1. The predicted molar refractivity (Wildman–Crippen MR) is 73.3 cm³/mol. The SMILES string of the molecule is CO/C=C(\c1cc(Br)cnc1N)C1CCCC1. The Labute approximate surface area is 110 Å². The Morgan fingerprint density at radius 2 is 2.24 bits per heavy atom. The molecule has 0 spiro atoms. The van der Waals surface area contributed by atoms with E-state index in [0.717, 1.165) is 10.0 Å². The van der Waals surface area contributed by atoms with Gasteiger partial charge < -0.3 is 10.5 Å². The molecular weight excluding hydrogens is 280 g/mol. The fourth-order valence-electron chi connectivity index (χ4n) is 2.42. The summed E-state index contributed by atoms with van der Waals surface area (Å²) in [5.41, 5.74) is 8.13. The molecule has 92 valence electrons. The molecule has 2 rings (SSSR count). The highest BCUT2D eigenvalue weighted by molar-refractivity contribution is 9.10. The summed E-state index contributed by atoms with van der Waals surface area (Å²) in [6, 6.07) is 2.02. The molecule has 1 heterocycles. The lowest BCUT2D eigenvalue weighted by Gasteiger charge is -2.16. The molecule has 1 fully saturated rings. The van der Waals surface area contributed by atoms with Crippen LogP contribution in [0.1, 0.15) is 31.2 Å². The summed E-state index contributed by atoms with van der Waals surface area (Å²) in [6.45, 7) is 0. The number of rotatable bonds is 3. The second kappa shape index (κ2) is 5.54. The summed E-state index contributed by atoms with van der Waals surface area (Å²) in [7, 11) is 1.68. The summed E-state index contributed by atoms with van der Waals surface area (Å²) in [6.07, 6.45) is 8.52. The van der Waals surface area contributed by atoms with Crippen LogP contribution in [0.3, 0.4) is 0 Å². The second-order valence-corrected chi connectivity index (χ2v) is 5.29. The predicted octanol–water partition coefficient (Wildman–Crippen LogP) is 3.60. The number of allylic oxidation sites excluding steroid dienone is 1. The van der Waals surface area contributed by atoms with Crippen LogP contribution >= 0.6 is 15.9 Å². The Balaban J connectivity index is 2.38. The van der Waals surface area contributed by atoms with Gasteiger partial charge in [0.25, 0.3) is 0 Å². The van der Waals surface area contributed by atoms with Gasteiger partial charge in [0.1, 0.15) is 5.82 Å². The molecule has 0 aliphatic heterocycles. The van der Waals surface area contributed by atoms with E-state index in [1.807, 2.05) is 12.3 Å². The van der Waals surface area contributed by atoms with Crippen molar-refractivity contribution in [2.75, 3.05) is 12.8 Å². The summed E-state index contributed by atoms with van der Waals surface area (Å²) in [4.78, 5) is 4.19. The van der Waals surface area contributed by atoms with Crippen LogP contribution < -0.4 is 5.73 Å². The van der Waals surface area contributed by atoms with Crippen LogP contribution in [0.15, 0.2) is 23.0 Å². The number of pyridine rings is 1. The second-order valence-electron chi connectivity index (χ2n) is 4.38. The number of aromatic nitrogens is 1. The van der Waals surface area contributed by atoms with Gasteiger partial charge in [-0.1, -0.05) is 12.8 Å². The van der Waals surface area contributed by atoms with Crippen molar-refractivity contribution in [2.45, 2.75) is 25.7 Å². The first-order chi connectivity index (χ1) is 8.22. The highest BCUT2D eigenvalue weighted by atomic mass is 79.9. The monoisotopic (exact) mass is 296 g/mol. The molecule has 0 aromatic carbocycles.